The zero-order valence-electron chi connectivity index (χ0n) is 4.26. The van der Waals surface area contributed by atoms with Crippen LogP contribution in [0.2, 0.25) is 0 Å². The maximum atomic E-state index is 3.88. The summed E-state index contributed by atoms with van der Waals surface area (Å²) in [4.78, 5) is 3.88. The van der Waals surface area contributed by atoms with Gasteiger partial charge in [-0.25, -0.2) is 0 Å². The predicted octanol–water partition coefficient (Wildman–Crippen LogP) is 0.867. The maximum absolute atomic E-state index is 3.88. The van der Waals surface area contributed by atoms with E-state index in [0.29, 0.717) is 0 Å². The van der Waals surface area contributed by atoms with E-state index in [9.17, 15) is 0 Å². The standard InChI is InChI=1S/C6H7N/c1-6-3-2-4-7-5-6/h2-5H,1H3/q+1. The van der Waals surface area contributed by atoms with Crippen LogP contribution in [-0.2, 0) is 0 Å². The van der Waals surface area contributed by atoms with Crippen LogP contribution >= 0.6 is 0 Å². The van der Waals surface area contributed by atoms with Crippen LogP contribution < -0.4 is 4.99 Å². The van der Waals surface area contributed by atoms with Crippen molar-refractivity contribution in [3.05, 3.63) is 23.9 Å². The van der Waals surface area contributed by atoms with Crippen molar-refractivity contribution >= 4 is 6.21 Å². The third-order valence-electron chi connectivity index (χ3n) is 0.809. The summed E-state index contributed by atoms with van der Waals surface area (Å²) in [5, 5.41) is 0. The molecule has 0 aliphatic carbocycles. The molecule has 0 aromatic heterocycles. The van der Waals surface area contributed by atoms with Crippen LogP contribution in [-0.4, -0.2) is 6.21 Å². The fourth-order valence-corrected chi connectivity index (χ4v) is 0.448. The molecule has 0 spiro atoms. The van der Waals surface area contributed by atoms with E-state index in [-0.39, 0.29) is 0 Å². The maximum Gasteiger partial charge on any atom is 0.245 e. The molecule has 1 nitrogen and oxygen atoms in total. The molecule has 1 aliphatic heterocycles. The van der Waals surface area contributed by atoms with Gasteiger partial charge in [0.05, 0.1) is 4.99 Å². The summed E-state index contributed by atoms with van der Waals surface area (Å²) >= 11 is 0. The van der Waals surface area contributed by atoms with E-state index in [1.54, 1.807) is 6.20 Å². The summed E-state index contributed by atoms with van der Waals surface area (Å²) in [5.74, 6) is 0. The number of rotatable bonds is 0. The monoisotopic (exact) mass is 93.1 g/mol. The zero-order valence-corrected chi connectivity index (χ0v) is 4.26. The van der Waals surface area contributed by atoms with Crippen molar-refractivity contribution in [2.75, 3.05) is 0 Å². The Hall–Kier alpha value is -0.850. The Labute approximate surface area is 43.1 Å². The second-order valence-corrected chi connectivity index (χ2v) is 1.53. The molecule has 0 bridgehead atoms. The molecule has 1 heterocycles. The van der Waals surface area contributed by atoms with Crippen LogP contribution in [0.3, 0.4) is 0 Å². The molecule has 1 radical (unpaired) electrons. The Morgan fingerprint density at radius 2 is 2.43 bits per heavy atom. The first-order valence-electron chi connectivity index (χ1n) is 2.26. The zero-order chi connectivity index (χ0) is 5.11. The summed E-state index contributed by atoms with van der Waals surface area (Å²) in [7, 11) is 0. The van der Waals surface area contributed by atoms with Crippen LogP contribution in [0.4, 0.5) is 0 Å². The van der Waals surface area contributed by atoms with Gasteiger partial charge in [-0.1, -0.05) is 0 Å². The van der Waals surface area contributed by atoms with Crippen molar-refractivity contribution in [3.63, 3.8) is 0 Å². The van der Waals surface area contributed by atoms with Gasteiger partial charge in [-0.15, -0.1) is 0 Å². The van der Waals surface area contributed by atoms with E-state index < -0.39 is 0 Å². The van der Waals surface area contributed by atoms with Crippen LogP contribution in [0.15, 0.2) is 23.9 Å². The Kier molecular flexibility index (Phi) is 1.07. The van der Waals surface area contributed by atoms with Crippen molar-refractivity contribution in [3.8, 4) is 0 Å². The highest BCUT2D eigenvalue weighted by Crippen LogP contribution is 1.88. The van der Waals surface area contributed by atoms with Gasteiger partial charge in [0.2, 0.25) is 12.4 Å². The highest BCUT2D eigenvalue weighted by molar-refractivity contribution is 5.78. The predicted molar refractivity (Wildman–Crippen MR) is 31.1 cm³/mol. The Balaban J connectivity index is 2.82. The van der Waals surface area contributed by atoms with E-state index in [2.05, 4.69) is 4.99 Å². The molecule has 0 N–H and O–H groups in total. The molecule has 0 saturated heterocycles. The van der Waals surface area contributed by atoms with E-state index >= 15 is 0 Å². The van der Waals surface area contributed by atoms with Crippen LogP contribution in [0.1, 0.15) is 6.92 Å². The van der Waals surface area contributed by atoms with E-state index in [0.717, 1.165) is 0 Å². The Morgan fingerprint density at radius 3 is 2.71 bits per heavy atom. The molecule has 0 aromatic carbocycles. The van der Waals surface area contributed by atoms with E-state index in [4.69, 9.17) is 0 Å². The van der Waals surface area contributed by atoms with Crippen molar-refractivity contribution in [1.82, 2.24) is 4.99 Å². The summed E-state index contributed by atoms with van der Waals surface area (Å²) in [6.45, 7) is 2.02. The van der Waals surface area contributed by atoms with E-state index in [1.807, 2.05) is 25.3 Å². The lowest BCUT2D eigenvalue weighted by Crippen LogP contribution is -1.88. The minimum atomic E-state index is 1.21. The lowest BCUT2D eigenvalue weighted by Gasteiger charge is -1.77. The number of nitrogens with zero attached hydrogens (tertiary/aromatic N) is 1. The van der Waals surface area contributed by atoms with Crippen LogP contribution in [0, 0.1) is 0 Å². The molecular formula is C6H7N+. The highest BCUT2D eigenvalue weighted by atomic mass is 14.7. The summed E-state index contributed by atoms with van der Waals surface area (Å²) in [6.07, 6.45) is 7.55. The molecular weight excluding hydrogens is 86.1 g/mol. The van der Waals surface area contributed by atoms with Crippen molar-refractivity contribution in [2.24, 2.45) is 0 Å². The average Bonchev–Trinajstić information content (AvgIpc) is 1.69. The molecule has 0 amide bonds. The first-order valence-corrected chi connectivity index (χ1v) is 2.26. The van der Waals surface area contributed by atoms with Gasteiger partial charge < -0.3 is 0 Å². The molecule has 0 atom stereocenters. The fraction of sp³-hybridized carbons (Fsp3) is 0.167. The van der Waals surface area contributed by atoms with Gasteiger partial charge in [0.25, 0.3) is 0 Å². The quantitative estimate of drug-likeness (QED) is 0.422. The molecule has 7 heavy (non-hydrogen) atoms. The van der Waals surface area contributed by atoms with Gasteiger partial charge in [0.1, 0.15) is 0 Å². The normalized spacial score (nSPS) is 17.0. The molecule has 35 valence electrons. The first kappa shape index (κ1) is 4.31. The second-order valence-electron chi connectivity index (χ2n) is 1.53. The summed E-state index contributed by atoms with van der Waals surface area (Å²) in [6, 6.07) is 0. The number of hydrogen-bond acceptors (Lipinski definition) is 1. The van der Waals surface area contributed by atoms with E-state index in [1.165, 1.54) is 5.57 Å². The van der Waals surface area contributed by atoms with Gasteiger partial charge in [-0.2, -0.15) is 0 Å². The molecule has 0 unspecified atom stereocenters. The molecule has 1 heteroatoms. The van der Waals surface area contributed by atoms with Crippen molar-refractivity contribution in [2.45, 2.75) is 6.92 Å². The second kappa shape index (κ2) is 1.73. The third kappa shape index (κ3) is 1.000. The molecule has 0 aromatic rings. The first-order chi connectivity index (χ1) is 3.39. The summed E-state index contributed by atoms with van der Waals surface area (Å²) in [5.41, 5.74) is 1.21. The Bertz CT molecular complexity index is 140. The number of hydrogen-bond donors (Lipinski definition) is 0. The third-order valence-corrected chi connectivity index (χ3v) is 0.809. The van der Waals surface area contributed by atoms with Crippen LogP contribution in [0.5, 0.6) is 0 Å². The van der Waals surface area contributed by atoms with Gasteiger partial charge in [-0.05, 0) is 13.0 Å². The van der Waals surface area contributed by atoms with Gasteiger partial charge in [-0.3, -0.25) is 0 Å². The molecule has 0 fully saturated rings. The number of allylic oxidation sites excluding steroid dienone is 3. The highest BCUT2D eigenvalue weighted by Gasteiger charge is 1.91. The minimum absolute atomic E-state index is 1.21. The molecule has 1 aliphatic rings. The lowest BCUT2D eigenvalue weighted by molar-refractivity contribution is 1.36. The summed E-state index contributed by atoms with van der Waals surface area (Å²) < 4.78 is 0. The topological polar surface area (TPSA) is 14.1 Å². The molecule has 1 rings (SSSR count). The SMILES string of the molecule is CC1=CC=C[N+]=C1. The van der Waals surface area contributed by atoms with Gasteiger partial charge in [0, 0.05) is 11.6 Å². The van der Waals surface area contributed by atoms with Crippen molar-refractivity contribution < 1.29 is 0 Å². The minimum Gasteiger partial charge on any atom is -0.0469 e. The lowest BCUT2D eigenvalue weighted by atomic mass is 10.3. The van der Waals surface area contributed by atoms with Crippen LogP contribution in [0.25, 0.3) is 0 Å². The van der Waals surface area contributed by atoms with Crippen molar-refractivity contribution in [1.29, 1.82) is 0 Å². The fourth-order valence-electron chi connectivity index (χ4n) is 0.448. The van der Waals surface area contributed by atoms with Gasteiger partial charge >= 0.3 is 0 Å². The smallest absolute Gasteiger partial charge is 0.0469 e. The average molecular weight is 93.1 g/mol. The van der Waals surface area contributed by atoms with Gasteiger partial charge in [0.15, 0.2) is 0 Å². The number of aliphatic imine (C=N–C) groups is 1. The molecule has 0 saturated carbocycles. The largest absolute Gasteiger partial charge is 0.245 e. The Morgan fingerprint density at radius 1 is 1.57 bits per heavy atom.